The molecule has 0 spiro atoms. The molecule has 1 atom stereocenters. The molecule has 1 aromatic heterocycles. The van der Waals surface area contributed by atoms with E-state index in [-0.39, 0.29) is 0 Å². The molecule has 0 saturated carbocycles. The zero-order valence-corrected chi connectivity index (χ0v) is 14.4. The molecular weight excluding hydrogens is 373 g/mol. The normalized spacial score (nSPS) is 17.3. The SMILES string of the molecule is CCCNc1nc(C2CCCc3ccccc32)ncc1I. The number of rotatable bonds is 4. The van der Waals surface area contributed by atoms with E-state index in [1.54, 1.807) is 0 Å². The van der Waals surface area contributed by atoms with E-state index < -0.39 is 0 Å². The van der Waals surface area contributed by atoms with Crippen molar-refractivity contribution in [1.29, 1.82) is 0 Å². The first-order chi connectivity index (χ1) is 10.3. The van der Waals surface area contributed by atoms with Crippen molar-refractivity contribution in [3.63, 3.8) is 0 Å². The molecule has 1 aliphatic rings. The van der Waals surface area contributed by atoms with Gasteiger partial charge in [-0.2, -0.15) is 0 Å². The Bertz CT molecular complexity index is 627. The van der Waals surface area contributed by atoms with Gasteiger partial charge in [-0.15, -0.1) is 0 Å². The fraction of sp³-hybridized carbons (Fsp3) is 0.412. The third kappa shape index (κ3) is 3.20. The van der Waals surface area contributed by atoms with Gasteiger partial charge in [0.05, 0.1) is 3.57 Å². The number of aromatic nitrogens is 2. The number of anilines is 1. The van der Waals surface area contributed by atoms with Crippen LogP contribution in [0.3, 0.4) is 0 Å². The Morgan fingerprint density at radius 2 is 2.19 bits per heavy atom. The highest BCUT2D eigenvalue weighted by Crippen LogP contribution is 2.35. The quantitative estimate of drug-likeness (QED) is 0.784. The van der Waals surface area contributed by atoms with Crippen LogP contribution >= 0.6 is 22.6 Å². The number of aryl methyl sites for hydroxylation is 1. The Balaban J connectivity index is 1.94. The average molecular weight is 393 g/mol. The Kier molecular flexibility index (Phi) is 4.73. The van der Waals surface area contributed by atoms with Gasteiger partial charge in [-0.1, -0.05) is 31.2 Å². The predicted octanol–water partition coefficient (Wildman–Crippen LogP) is 4.37. The largest absolute Gasteiger partial charge is 0.369 e. The molecule has 0 saturated heterocycles. The summed E-state index contributed by atoms with van der Waals surface area (Å²) in [5.74, 6) is 2.28. The van der Waals surface area contributed by atoms with Gasteiger partial charge in [-0.25, -0.2) is 9.97 Å². The van der Waals surface area contributed by atoms with Gasteiger partial charge in [0, 0.05) is 18.7 Å². The van der Waals surface area contributed by atoms with Crippen molar-refractivity contribution in [2.75, 3.05) is 11.9 Å². The summed E-state index contributed by atoms with van der Waals surface area (Å²) in [6.07, 6.45) is 6.58. The lowest BCUT2D eigenvalue weighted by Crippen LogP contribution is -2.15. The van der Waals surface area contributed by atoms with Gasteiger partial charge in [0.25, 0.3) is 0 Å². The lowest BCUT2D eigenvalue weighted by molar-refractivity contribution is 0.590. The molecule has 1 unspecified atom stereocenters. The number of nitrogens with zero attached hydrogens (tertiary/aromatic N) is 2. The van der Waals surface area contributed by atoms with Crippen LogP contribution in [0.1, 0.15) is 49.1 Å². The van der Waals surface area contributed by atoms with Gasteiger partial charge in [0.1, 0.15) is 11.6 Å². The van der Waals surface area contributed by atoms with Crippen LogP contribution in [0.25, 0.3) is 0 Å². The summed E-state index contributed by atoms with van der Waals surface area (Å²) in [5.41, 5.74) is 2.87. The van der Waals surface area contributed by atoms with Crippen molar-refractivity contribution < 1.29 is 0 Å². The third-order valence-corrected chi connectivity index (χ3v) is 4.78. The minimum absolute atomic E-state index is 0.342. The van der Waals surface area contributed by atoms with Crippen LogP contribution in [-0.4, -0.2) is 16.5 Å². The zero-order chi connectivity index (χ0) is 14.7. The van der Waals surface area contributed by atoms with Gasteiger partial charge < -0.3 is 5.32 Å². The zero-order valence-electron chi connectivity index (χ0n) is 12.3. The van der Waals surface area contributed by atoms with Crippen LogP contribution in [0.15, 0.2) is 30.5 Å². The molecule has 3 rings (SSSR count). The van der Waals surface area contributed by atoms with Crippen molar-refractivity contribution in [2.45, 2.75) is 38.5 Å². The van der Waals surface area contributed by atoms with Crippen LogP contribution in [0.4, 0.5) is 5.82 Å². The molecule has 110 valence electrons. The van der Waals surface area contributed by atoms with Gasteiger partial charge >= 0.3 is 0 Å². The monoisotopic (exact) mass is 393 g/mol. The lowest BCUT2D eigenvalue weighted by Gasteiger charge is -2.24. The molecule has 1 aromatic carbocycles. The molecule has 0 aliphatic heterocycles. The summed E-state index contributed by atoms with van der Waals surface area (Å²) < 4.78 is 1.09. The highest BCUT2D eigenvalue weighted by atomic mass is 127. The van der Waals surface area contributed by atoms with Crippen LogP contribution in [0, 0.1) is 3.57 Å². The second-order valence-corrected chi connectivity index (χ2v) is 6.66. The summed E-state index contributed by atoms with van der Waals surface area (Å²) >= 11 is 2.30. The molecule has 0 amide bonds. The fourth-order valence-electron chi connectivity index (χ4n) is 2.94. The number of nitrogens with one attached hydrogen (secondary N) is 1. The van der Waals surface area contributed by atoms with Crippen LogP contribution in [0.5, 0.6) is 0 Å². The van der Waals surface area contributed by atoms with Gasteiger partial charge in [0.2, 0.25) is 0 Å². The molecule has 2 aromatic rings. The number of fused-ring (bicyclic) bond motifs is 1. The van der Waals surface area contributed by atoms with E-state index in [1.165, 1.54) is 24.0 Å². The van der Waals surface area contributed by atoms with E-state index in [0.29, 0.717) is 5.92 Å². The maximum Gasteiger partial charge on any atom is 0.143 e. The molecule has 3 nitrogen and oxygen atoms in total. The summed E-state index contributed by atoms with van der Waals surface area (Å²) in [7, 11) is 0. The molecule has 1 heterocycles. The van der Waals surface area contributed by atoms with Gasteiger partial charge in [0.15, 0.2) is 0 Å². The Hall–Kier alpha value is -1.17. The summed E-state index contributed by atoms with van der Waals surface area (Å²) in [4.78, 5) is 9.41. The minimum Gasteiger partial charge on any atom is -0.369 e. The third-order valence-electron chi connectivity index (χ3n) is 3.99. The molecule has 0 radical (unpaired) electrons. The predicted molar refractivity (Wildman–Crippen MR) is 94.8 cm³/mol. The topological polar surface area (TPSA) is 37.8 Å². The maximum absolute atomic E-state index is 4.80. The molecule has 4 heteroatoms. The molecule has 0 fully saturated rings. The smallest absolute Gasteiger partial charge is 0.143 e. The number of hydrogen-bond donors (Lipinski definition) is 1. The van der Waals surface area contributed by atoms with Crippen LogP contribution in [-0.2, 0) is 6.42 Å². The second-order valence-electron chi connectivity index (χ2n) is 5.50. The van der Waals surface area contributed by atoms with E-state index >= 15 is 0 Å². The van der Waals surface area contributed by atoms with Gasteiger partial charge in [-0.05, 0) is 59.4 Å². The molecule has 1 N–H and O–H groups in total. The maximum atomic E-state index is 4.80. The first kappa shape index (κ1) is 14.8. The van der Waals surface area contributed by atoms with Crippen LogP contribution < -0.4 is 5.32 Å². The van der Waals surface area contributed by atoms with E-state index in [2.05, 4.69) is 64.1 Å². The summed E-state index contributed by atoms with van der Waals surface area (Å²) in [6.45, 7) is 3.12. The summed E-state index contributed by atoms with van der Waals surface area (Å²) in [6, 6.07) is 8.73. The van der Waals surface area contributed by atoms with E-state index in [1.807, 2.05) is 6.20 Å². The molecule has 0 bridgehead atoms. The average Bonchev–Trinajstić information content (AvgIpc) is 2.54. The Labute approximate surface area is 139 Å². The highest BCUT2D eigenvalue weighted by Gasteiger charge is 2.24. The highest BCUT2D eigenvalue weighted by molar-refractivity contribution is 14.1. The standard InChI is InChI=1S/C17H20IN3/c1-2-10-19-17-15(18)11-20-16(21-17)14-9-5-7-12-6-3-4-8-13(12)14/h3-4,6,8,11,14H,2,5,7,9-10H2,1H3,(H,19,20,21). The van der Waals surface area contributed by atoms with Crippen molar-refractivity contribution >= 4 is 28.4 Å². The number of hydrogen-bond acceptors (Lipinski definition) is 3. The van der Waals surface area contributed by atoms with Crippen LogP contribution in [0.2, 0.25) is 0 Å². The first-order valence-electron chi connectivity index (χ1n) is 7.63. The summed E-state index contributed by atoms with van der Waals surface area (Å²) in [5, 5.41) is 3.41. The second kappa shape index (κ2) is 6.73. The minimum atomic E-state index is 0.342. The van der Waals surface area contributed by atoms with E-state index in [9.17, 15) is 0 Å². The number of halogens is 1. The lowest BCUT2D eigenvalue weighted by atomic mass is 9.82. The Morgan fingerprint density at radius 3 is 3.05 bits per heavy atom. The van der Waals surface area contributed by atoms with Gasteiger partial charge in [-0.3, -0.25) is 0 Å². The van der Waals surface area contributed by atoms with Crippen molar-refractivity contribution in [3.8, 4) is 0 Å². The van der Waals surface area contributed by atoms with Crippen molar-refractivity contribution in [3.05, 3.63) is 51.0 Å². The van der Waals surface area contributed by atoms with E-state index in [4.69, 9.17) is 4.98 Å². The molecule has 1 aliphatic carbocycles. The molecule has 21 heavy (non-hydrogen) atoms. The van der Waals surface area contributed by atoms with Crippen molar-refractivity contribution in [2.24, 2.45) is 0 Å². The molecular formula is C17H20IN3. The Morgan fingerprint density at radius 1 is 1.33 bits per heavy atom. The first-order valence-corrected chi connectivity index (χ1v) is 8.71. The van der Waals surface area contributed by atoms with Crippen molar-refractivity contribution in [1.82, 2.24) is 9.97 Å². The van der Waals surface area contributed by atoms with E-state index in [0.717, 1.165) is 34.6 Å². The fourth-order valence-corrected chi connectivity index (χ4v) is 3.39. The number of benzene rings is 1.